The molecule has 0 heterocycles. The number of aryl methyl sites for hydroxylation is 1. The quantitative estimate of drug-likeness (QED) is 0.753. The second kappa shape index (κ2) is 4.96. The van der Waals surface area contributed by atoms with Crippen molar-refractivity contribution in [1.82, 2.24) is 0 Å². The number of carbonyl (C=O) groups excluding carboxylic acids is 1. The van der Waals surface area contributed by atoms with Crippen LogP contribution in [0.4, 0.5) is 5.69 Å². The Kier molecular flexibility index (Phi) is 3.89. The van der Waals surface area contributed by atoms with Crippen molar-refractivity contribution in [1.29, 1.82) is 0 Å². The molecule has 0 N–H and O–H groups in total. The predicted octanol–water partition coefficient (Wildman–Crippen LogP) is 2.66. The zero-order chi connectivity index (χ0) is 11.4. The summed E-state index contributed by atoms with van der Waals surface area (Å²) in [6.45, 7) is 6.42. The van der Waals surface area contributed by atoms with Gasteiger partial charge >= 0.3 is 0 Å². The zero-order valence-electron chi connectivity index (χ0n) is 9.95. The first kappa shape index (κ1) is 11.8. The van der Waals surface area contributed by atoms with Gasteiger partial charge in [-0.25, -0.2) is 0 Å². The van der Waals surface area contributed by atoms with E-state index in [9.17, 15) is 4.79 Å². The molecule has 15 heavy (non-hydrogen) atoms. The molecule has 0 aliphatic carbocycles. The third-order valence-corrected chi connectivity index (χ3v) is 2.51. The SMILES string of the molecule is Cc1ccc(N(C)CC(=O)C(C)C)cc1. The molecule has 0 saturated heterocycles. The number of likely N-dealkylation sites (N-methyl/N-ethyl adjacent to an activating group) is 1. The van der Waals surface area contributed by atoms with E-state index in [1.807, 2.05) is 37.9 Å². The maximum Gasteiger partial charge on any atom is 0.154 e. The Morgan fingerprint density at radius 2 is 1.80 bits per heavy atom. The summed E-state index contributed by atoms with van der Waals surface area (Å²) in [5.41, 5.74) is 2.33. The van der Waals surface area contributed by atoms with Gasteiger partial charge in [-0.05, 0) is 19.1 Å². The number of nitrogens with zero attached hydrogens (tertiary/aromatic N) is 1. The minimum Gasteiger partial charge on any atom is -0.367 e. The predicted molar refractivity (Wildman–Crippen MR) is 64.3 cm³/mol. The molecule has 0 amide bonds. The van der Waals surface area contributed by atoms with Gasteiger partial charge in [0.2, 0.25) is 0 Å². The number of benzene rings is 1. The second-order valence-corrected chi connectivity index (χ2v) is 4.31. The van der Waals surface area contributed by atoms with Gasteiger partial charge in [-0.1, -0.05) is 31.5 Å². The van der Waals surface area contributed by atoms with Crippen LogP contribution < -0.4 is 4.90 Å². The Morgan fingerprint density at radius 1 is 1.27 bits per heavy atom. The molecule has 2 nitrogen and oxygen atoms in total. The first-order chi connectivity index (χ1) is 7.00. The van der Waals surface area contributed by atoms with Crippen molar-refractivity contribution in [2.45, 2.75) is 20.8 Å². The van der Waals surface area contributed by atoms with Gasteiger partial charge in [0.05, 0.1) is 6.54 Å². The van der Waals surface area contributed by atoms with Crippen LogP contribution in [0.5, 0.6) is 0 Å². The Bertz CT molecular complexity index is 327. The molecule has 0 atom stereocenters. The summed E-state index contributed by atoms with van der Waals surface area (Å²) < 4.78 is 0. The normalized spacial score (nSPS) is 10.5. The van der Waals surface area contributed by atoms with Gasteiger partial charge < -0.3 is 4.90 Å². The number of hydrogen-bond donors (Lipinski definition) is 0. The number of ketones is 1. The van der Waals surface area contributed by atoms with Crippen LogP contribution in [-0.4, -0.2) is 19.4 Å². The topological polar surface area (TPSA) is 20.3 Å². The van der Waals surface area contributed by atoms with Gasteiger partial charge in [-0.2, -0.15) is 0 Å². The van der Waals surface area contributed by atoms with Crippen LogP contribution in [-0.2, 0) is 4.79 Å². The highest BCUT2D eigenvalue weighted by Gasteiger charge is 2.10. The fraction of sp³-hybridized carbons (Fsp3) is 0.462. The molecule has 0 fully saturated rings. The Labute approximate surface area is 91.9 Å². The van der Waals surface area contributed by atoms with Crippen LogP contribution >= 0.6 is 0 Å². The van der Waals surface area contributed by atoms with Crippen molar-refractivity contribution in [3.05, 3.63) is 29.8 Å². The smallest absolute Gasteiger partial charge is 0.154 e. The molecule has 82 valence electrons. The van der Waals surface area contributed by atoms with Crippen molar-refractivity contribution in [2.24, 2.45) is 5.92 Å². The summed E-state index contributed by atoms with van der Waals surface area (Å²) in [5.74, 6) is 0.385. The molecule has 0 aromatic heterocycles. The Balaban J connectivity index is 2.65. The third-order valence-electron chi connectivity index (χ3n) is 2.51. The zero-order valence-corrected chi connectivity index (χ0v) is 9.95. The summed E-state index contributed by atoms with van der Waals surface area (Å²) in [4.78, 5) is 13.5. The summed E-state index contributed by atoms with van der Waals surface area (Å²) in [5, 5.41) is 0. The average Bonchev–Trinajstić information content (AvgIpc) is 2.18. The van der Waals surface area contributed by atoms with Gasteiger partial charge in [0.1, 0.15) is 0 Å². The van der Waals surface area contributed by atoms with Crippen LogP contribution in [0.25, 0.3) is 0 Å². The molecule has 0 bridgehead atoms. The molecule has 1 aromatic carbocycles. The highest BCUT2D eigenvalue weighted by Crippen LogP contribution is 2.13. The monoisotopic (exact) mass is 205 g/mol. The first-order valence-corrected chi connectivity index (χ1v) is 5.31. The summed E-state index contributed by atoms with van der Waals surface area (Å²) >= 11 is 0. The summed E-state index contributed by atoms with van der Waals surface area (Å²) in [6, 6.07) is 8.21. The minimum absolute atomic E-state index is 0.109. The fourth-order valence-electron chi connectivity index (χ4n) is 1.31. The molecule has 0 radical (unpaired) electrons. The minimum atomic E-state index is 0.109. The van der Waals surface area contributed by atoms with E-state index in [1.165, 1.54) is 5.56 Å². The number of rotatable bonds is 4. The van der Waals surface area contributed by atoms with E-state index < -0.39 is 0 Å². The van der Waals surface area contributed by atoms with Gasteiger partial charge in [0.15, 0.2) is 5.78 Å². The van der Waals surface area contributed by atoms with Crippen LogP contribution in [0.3, 0.4) is 0 Å². The first-order valence-electron chi connectivity index (χ1n) is 5.31. The van der Waals surface area contributed by atoms with E-state index in [4.69, 9.17) is 0 Å². The highest BCUT2D eigenvalue weighted by molar-refractivity contribution is 5.84. The molecule has 0 spiro atoms. The van der Waals surface area contributed by atoms with E-state index in [2.05, 4.69) is 19.1 Å². The van der Waals surface area contributed by atoms with Crippen molar-refractivity contribution < 1.29 is 4.79 Å². The highest BCUT2D eigenvalue weighted by atomic mass is 16.1. The van der Waals surface area contributed by atoms with Crippen LogP contribution in [0.1, 0.15) is 19.4 Å². The largest absolute Gasteiger partial charge is 0.367 e. The van der Waals surface area contributed by atoms with Gasteiger partial charge in [-0.3, -0.25) is 4.79 Å². The van der Waals surface area contributed by atoms with E-state index in [-0.39, 0.29) is 11.7 Å². The van der Waals surface area contributed by atoms with Crippen molar-refractivity contribution in [3.63, 3.8) is 0 Å². The van der Waals surface area contributed by atoms with E-state index in [0.717, 1.165) is 5.69 Å². The van der Waals surface area contributed by atoms with E-state index in [1.54, 1.807) is 0 Å². The lowest BCUT2D eigenvalue weighted by Gasteiger charge is -2.19. The fourth-order valence-corrected chi connectivity index (χ4v) is 1.31. The summed E-state index contributed by atoms with van der Waals surface area (Å²) in [7, 11) is 1.95. The van der Waals surface area contributed by atoms with Crippen LogP contribution in [0.15, 0.2) is 24.3 Å². The van der Waals surface area contributed by atoms with Gasteiger partial charge in [-0.15, -0.1) is 0 Å². The average molecular weight is 205 g/mol. The number of carbonyl (C=O) groups is 1. The lowest BCUT2D eigenvalue weighted by Crippen LogP contribution is -2.28. The lowest BCUT2D eigenvalue weighted by atomic mass is 10.1. The Morgan fingerprint density at radius 3 is 2.27 bits per heavy atom. The molecule has 0 unspecified atom stereocenters. The van der Waals surface area contributed by atoms with Crippen LogP contribution in [0.2, 0.25) is 0 Å². The number of hydrogen-bond acceptors (Lipinski definition) is 2. The van der Waals surface area contributed by atoms with Gasteiger partial charge in [0, 0.05) is 18.7 Å². The van der Waals surface area contributed by atoms with E-state index >= 15 is 0 Å². The van der Waals surface area contributed by atoms with Crippen molar-refractivity contribution >= 4 is 11.5 Å². The third kappa shape index (κ3) is 3.39. The molecule has 0 aliphatic heterocycles. The van der Waals surface area contributed by atoms with Crippen molar-refractivity contribution in [2.75, 3.05) is 18.5 Å². The summed E-state index contributed by atoms with van der Waals surface area (Å²) in [6.07, 6.45) is 0. The standard InChI is InChI=1S/C13H19NO/c1-10(2)13(15)9-14(4)12-7-5-11(3)6-8-12/h5-8,10H,9H2,1-4H3. The van der Waals surface area contributed by atoms with Crippen LogP contribution in [0, 0.1) is 12.8 Å². The van der Waals surface area contributed by atoms with Gasteiger partial charge in [0.25, 0.3) is 0 Å². The lowest BCUT2D eigenvalue weighted by molar-refractivity contribution is -0.120. The van der Waals surface area contributed by atoms with E-state index in [0.29, 0.717) is 6.54 Å². The number of Topliss-reactive ketones (excluding diaryl/α,β-unsaturated/α-hetero) is 1. The number of anilines is 1. The maximum atomic E-state index is 11.6. The molecule has 2 heteroatoms. The molecule has 0 aliphatic rings. The molecule has 1 aromatic rings. The Hall–Kier alpha value is -1.31. The molecular formula is C13H19NO. The molecular weight excluding hydrogens is 186 g/mol. The van der Waals surface area contributed by atoms with Crippen molar-refractivity contribution in [3.8, 4) is 0 Å². The maximum absolute atomic E-state index is 11.6. The second-order valence-electron chi connectivity index (χ2n) is 4.31. The molecule has 1 rings (SSSR count). The molecule has 0 saturated carbocycles.